The van der Waals surface area contributed by atoms with Crippen molar-refractivity contribution in [3.05, 3.63) is 0 Å². The number of nitrogens with zero attached hydrogens (tertiary/aromatic N) is 1. The highest BCUT2D eigenvalue weighted by Crippen LogP contribution is 2.19. The van der Waals surface area contributed by atoms with Gasteiger partial charge in [0.1, 0.15) is 18.1 Å². The monoisotopic (exact) mass is 476 g/mol. The van der Waals surface area contributed by atoms with Gasteiger partial charge in [-0.3, -0.25) is 24.0 Å². The average Bonchev–Trinajstić information content (AvgIpc) is 3.19. The van der Waals surface area contributed by atoms with Gasteiger partial charge < -0.3 is 36.6 Å². The number of rotatable bonds is 13. The molecule has 0 aromatic carbocycles. The minimum absolute atomic E-state index is 0.154. The summed E-state index contributed by atoms with van der Waals surface area (Å²) in [6.45, 7) is 0.209. The molecule has 0 aromatic heterocycles. The fourth-order valence-corrected chi connectivity index (χ4v) is 3.67. The van der Waals surface area contributed by atoms with Crippen LogP contribution >= 0.6 is 11.8 Å². The quantitative estimate of drug-likeness (QED) is 0.172. The molecule has 180 valence electrons. The molecule has 1 aliphatic heterocycles. The van der Waals surface area contributed by atoms with Crippen molar-refractivity contribution in [3.63, 3.8) is 0 Å². The standard InChI is InChI=1S/C18H28N4O9S/c1-32-6-4-10(17(29)22-5-2-3-12(22)18(30)31)20-16(28)11(8-14(25)26)21-15(27)9(19)7-13(23)24/h9-12H,2-8,19H2,1H3,(H,20,28)(H,21,27)(H,23,24)(H,25,26)(H,30,31). The van der Waals surface area contributed by atoms with E-state index in [9.17, 15) is 33.9 Å². The van der Waals surface area contributed by atoms with Crippen LogP contribution in [0.1, 0.15) is 32.1 Å². The first-order chi connectivity index (χ1) is 15.0. The molecule has 1 fully saturated rings. The van der Waals surface area contributed by atoms with E-state index < -0.39 is 72.6 Å². The maximum absolute atomic E-state index is 12.9. The summed E-state index contributed by atoms with van der Waals surface area (Å²) in [5.41, 5.74) is 5.45. The number of carbonyl (C=O) groups excluding carboxylic acids is 3. The lowest BCUT2D eigenvalue weighted by Gasteiger charge is -2.28. The molecule has 1 aliphatic rings. The first kappa shape index (κ1) is 27.2. The van der Waals surface area contributed by atoms with E-state index in [4.69, 9.17) is 15.9 Å². The van der Waals surface area contributed by atoms with Crippen LogP contribution in [0.15, 0.2) is 0 Å². The van der Waals surface area contributed by atoms with Crippen LogP contribution in [-0.2, 0) is 28.8 Å². The third-order valence-corrected chi connectivity index (χ3v) is 5.43. The van der Waals surface area contributed by atoms with E-state index in [1.165, 1.54) is 16.7 Å². The molecule has 3 amide bonds. The van der Waals surface area contributed by atoms with Crippen LogP contribution < -0.4 is 16.4 Å². The Morgan fingerprint density at radius 3 is 2.12 bits per heavy atom. The van der Waals surface area contributed by atoms with Crippen molar-refractivity contribution in [2.45, 2.75) is 56.3 Å². The molecule has 7 N–H and O–H groups in total. The van der Waals surface area contributed by atoms with Crippen LogP contribution in [0.25, 0.3) is 0 Å². The molecule has 0 spiro atoms. The van der Waals surface area contributed by atoms with E-state index in [-0.39, 0.29) is 19.4 Å². The Morgan fingerprint density at radius 2 is 1.59 bits per heavy atom. The number of hydrogen-bond donors (Lipinski definition) is 6. The van der Waals surface area contributed by atoms with Gasteiger partial charge in [0.25, 0.3) is 0 Å². The van der Waals surface area contributed by atoms with Crippen LogP contribution in [0, 0.1) is 0 Å². The van der Waals surface area contributed by atoms with E-state index in [1.807, 2.05) is 0 Å². The highest BCUT2D eigenvalue weighted by Gasteiger charge is 2.38. The lowest BCUT2D eigenvalue weighted by atomic mass is 10.1. The number of likely N-dealkylation sites (tertiary alicyclic amines) is 1. The van der Waals surface area contributed by atoms with Gasteiger partial charge in [-0.25, -0.2) is 4.79 Å². The second-order valence-electron chi connectivity index (χ2n) is 7.23. The van der Waals surface area contributed by atoms with Crippen molar-refractivity contribution in [1.82, 2.24) is 15.5 Å². The molecular weight excluding hydrogens is 448 g/mol. The number of hydrogen-bond acceptors (Lipinski definition) is 8. The molecule has 1 heterocycles. The number of nitrogens with two attached hydrogens (primary N) is 1. The molecule has 0 aromatic rings. The summed E-state index contributed by atoms with van der Waals surface area (Å²) >= 11 is 1.39. The smallest absolute Gasteiger partial charge is 0.326 e. The zero-order chi connectivity index (χ0) is 24.4. The number of thioether (sulfide) groups is 1. The molecule has 0 radical (unpaired) electrons. The molecule has 1 saturated heterocycles. The molecule has 4 unspecified atom stereocenters. The first-order valence-corrected chi connectivity index (χ1v) is 11.2. The van der Waals surface area contributed by atoms with Crippen molar-refractivity contribution >= 4 is 47.4 Å². The highest BCUT2D eigenvalue weighted by atomic mass is 32.2. The van der Waals surface area contributed by atoms with E-state index in [0.717, 1.165) is 0 Å². The molecular formula is C18H28N4O9S. The maximum atomic E-state index is 12.9. The van der Waals surface area contributed by atoms with Gasteiger partial charge in [0.05, 0.1) is 18.9 Å². The lowest BCUT2D eigenvalue weighted by Crippen LogP contribution is -2.57. The zero-order valence-electron chi connectivity index (χ0n) is 17.5. The molecule has 0 saturated carbocycles. The summed E-state index contributed by atoms with van der Waals surface area (Å²) in [5.74, 6) is -6.11. The Kier molecular flexibility index (Phi) is 10.9. The van der Waals surface area contributed by atoms with Gasteiger partial charge >= 0.3 is 17.9 Å². The number of aliphatic carboxylic acids is 3. The predicted molar refractivity (Wildman–Crippen MR) is 112 cm³/mol. The summed E-state index contributed by atoms with van der Waals surface area (Å²) in [5, 5.41) is 31.6. The Balaban J connectivity index is 2.98. The third kappa shape index (κ3) is 8.34. The van der Waals surface area contributed by atoms with Crippen molar-refractivity contribution in [2.75, 3.05) is 18.6 Å². The summed E-state index contributed by atoms with van der Waals surface area (Å²) in [6, 6.07) is -5.26. The van der Waals surface area contributed by atoms with Crippen molar-refractivity contribution in [3.8, 4) is 0 Å². The van der Waals surface area contributed by atoms with Crippen LogP contribution in [0.3, 0.4) is 0 Å². The van der Waals surface area contributed by atoms with Gasteiger partial charge in [-0.05, 0) is 31.3 Å². The predicted octanol–water partition coefficient (Wildman–Crippen LogP) is -1.94. The summed E-state index contributed by atoms with van der Waals surface area (Å²) < 4.78 is 0. The SMILES string of the molecule is CSCCC(NC(=O)C(CC(=O)O)NC(=O)C(N)CC(=O)O)C(=O)N1CCCC1C(=O)O. The van der Waals surface area contributed by atoms with E-state index in [2.05, 4.69) is 10.6 Å². The largest absolute Gasteiger partial charge is 0.481 e. The summed E-state index contributed by atoms with van der Waals surface area (Å²) in [4.78, 5) is 72.2. The normalized spacial score (nSPS) is 18.3. The van der Waals surface area contributed by atoms with E-state index in [1.54, 1.807) is 6.26 Å². The summed E-state index contributed by atoms with van der Waals surface area (Å²) in [6.07, 6.45) is 1.14. The summed E-state index contributed by atoms with van der Waals surface area (Å²) in [7, 11) is 0. The van der Waals surface area contributed by atoms with Gasteiger partial charge in [0.15, 0.2) is 0 Å². The first-order valence-electron chi connectivity index (χ1n) is 9.80. The highest BCUT2D eigenvalue weighted by molar-refractivity contribution is 7.98. The fraction of sp³-hybridized carbons (Fsp3) is 0.667. The van der Waals surface area contributed by atoms with Crippen LogP contribution in [0.4, 0.5) is 0 Å². The van der Waals surface area contributed by atoms with Crippen molar-refractivity contribution in [1.29, 1.82) is 0 Å². The number of carboxylic acid groups (broad SMARTS) is 3. The van der Waals surface area contributed by atoms with Crippen LogP contribution in [0.5, 0.6) is 0 Å². The second-order valence-corrected chi connectivity index (χ2v) is 8.22. The van der Waals surface area contributed by atoms with Crippen molar-refractivity contribution in [2.24, 2.45) is 5.73 Å². The molecule has 1 rings (SSSR count). The molecule has 13 nitrogen and oxygen atoms in total. The Bertz CT molecular complexity index is 748. The molecule has 32 heavy (non-hydrogen) atoms. The molecule has 14 heteroatoms. The number of amides is 3. The minimum Gasteiger partial charge on any atom is -0.481 e. The van der Waals surface area contributed by atoms with Crippen molar-refractivity contribution < 1.29 is 44.1 Å². The number of carbonyl (C=O) groups is 6. The Hall–Kier alpha value is -2.87. The zero-order valence-corrected chi connectivity index (χ0v) is 18.3. The van der Waals surface area contributed by atoms with E-state index >= 15 is 0 Å². The van der Waals surface area contributed by atoms with Gasteiger partial charge in [0.2, 0.25) is 17.7 Å². The van der Waals surface area contributed by atoms with Crippen LogP contribution in [0.2, 0.25) is 0 Å². The second kappa shape index (κ2) is 12.9. The maximum Gasteiger partial charge on any atom is 0.326 e. The minimum atomic E-state index is -1.61. The lowest BCUT2D eigenvalue weighted by molar-refractivity contribution is -0.149. The molecule has 4 atom stereocenters. The van der Waals surface area contributed by atoms with Gasteiger partial charge in [0, 0.05) is 6.54 Å². The number of nitrogens with one attached hydrogen (secondary N) is 2. The number of carboxylic acids is 3. The average molecular weight is 477 g/mol. The molecule has 0 bridgehead atoms. The van der Waals surface area contributed by atoms with Gasteiger partial charge in [-0.15, -0.1) is 0 Å². The van der Waals surface area contributed by atoms with Gasteiger partial charge in [-0.2, -0.15) is 11.8 Å². The molecule has 0 aliphatic carbocycles. The Morgan fingerprint density at radius 1 is 1.00 bits per heavy atom. The Labute approximate surface area is 188 Å². The third-order valence-electron chi connectivity index (χ3n) is 4.79. The van der Waals surface area contributed by atoms with Gasteiger partial charge in [-0.1, -0.05) is 0 Å². The fourth-order valence-electron chi connectivity index (χ4n) is 3.20. The van der Waals surface area contributed by atoms with Crippen LogP contribution in [-0.4, -0.2) is 98.6 Å². The van der Waals surface area contributed by atoms with E-state index in [0.29, 0.717) is 12.2 Å². The topological polar surface area (TPSA) is 216 Å².